The lowest BCUT2D eigenvalue weighted by Crippen LogP contribution is -2.60. The summed E-state index contributed by atoms with van der Waals surface area (Å²) in [7, 11) is -5.05. The molecule has 0 aromatic heterocycles. The third-order valence-corrected chi connectivity index (χ3v) is 10.4. The number of hydrogen-bond acceptors (Lipinski definition) is 11. The minimum atomic E-state index is -5.05. The van der Waals surface area contributed by atoms with Crippen LogP contribution in [0.4, 0.5) is 0 Å². The number of hydrogen-bond donors (Lipinski definition) is 4. The van der Waals surface area contributed by atoms with Gasteiger partial charge >= 0.3 is 16.4 Å². The Morgan fingerprint density at radius 3 is 1.51 bits per heavy atom. The number of esters is 1. The van der Waals surface area contributed by atoms with Crippen molar-refractivity contribution in [2.45, 2.75) is 224 Å². The zero-order chi connectivity index (χ0) is 39.0. The molecule has 1 fully saturated rings. The highest BCUT2D eigenvalue weighted by atomic mass is 32.3. The number of carbonyl (C=O) groups is 1. The second-order valence-electron chi connectivity index (χ2n) is 15.0. The minimum absolute atomic E-state index is 0.0438. The molecule has 4 N–H and O–H groups in total. The van der Waals surface area contributed by atoms with Gasteiger partial charge in [0.25, 0.3) is 0 Å². The Kier molecular flexibility index (Phi) is 31.5. The van der Waals surface area contributed by atoms with Crippen LogP contribution < -0.4 is 0 Å². The van der Waals surface area contributed by atoms with Gasteiger partial charge in [0.2, 0.25) is 0 Å². The van der Waals surface area contributed by atoms with Crippen molar-refractivity contribution in [3.8, 4) is 0 Å². The van der Waals surface area contributed by atoms with Crippen molar-refractivity contribution >= 4 is 16.4 Å². The van der Waals surface area contributed by atoms with Crippen molar-refractivity contribution in [3.05, 3.63) is 0 Å². The summed E-state index contributed by atoms with van der Waals surface area (Å²) < 4.78 is 58.9. The molecule has 316 valence electrons. The van der Waals surface area contributed by atoms with Crippen LogP contribution in [0.25, 0.3) is 0 Å². The molecule has 0 bridgehead atoms. The maximum atomic E-state index is 12.8. The summed E-state index contributed by atoms with van der Waals surface area (Å²) in [6, 6.07) is 0. The molecule has 0 radical (unpaired) electrons. The lowest BCUT2D eigenvalue weighted by atomic mass is 9.99. The molecule has 6 atom stereocenters. The van der Waals surface area contributed by atoms with Gasteiger partial charge in [-0.3, -0.25) is 9.35 Å². The summed E-state index contributed by atoms with van der Waals surface area (Å²) in [5.74, 6) is -0.395. The standard InChI is InChI=1S/C40H78O12S/c1-3-5-7-9-11-13-15-16-17-18-19-21-23-25-27-29-36(42)50-34(32-48-30-28-26-24-22-20-14-12-10-8-6-4-2)33-49-40-38(44)39(52-53(45,46)47)37(43)35(31-41)51-40/h34-35,37-41,43-44H,3-33H2,1-2H3,(H,45,46,47). The van der Waals surface area contributed by atoms with Gasteiger partial charge in [0.1, 0.15) is 30.5 Å². The molecule has 1 aliphatic rings. The van der Waals surface area contributed by atoms with Crippen molar-refractivity contribution in [1.82, 2.24) is 0 Å². The van der Waals surface area contributed by atoms with Crippen LogP contribution in [0.2, 0.25) is 0 Å². The van der Waals surface area contributed by atoms with E-state index in [1.165, 1.54) is 122 Å². The predicted octanol–water partition coefficient (Wildman–Crippen LogP) is 8.13. The van der Waals surface area contributed by atoms with Gasteiger partial charge in [0.05, 0.1) is 19.8 Å². The molecule has 1 saturated heterocycles. The molecule has 1 aliphatic heterocycles. The van der Waals surface area contributed by atoms with E-state index in [0.29, 0.717) is 13.0 Å². The van der Waals surface area contributed by atoms with Gasteiger partial charge in [-0.25, -0.2) is 4.18 Å². The Morgan fingerprint density at radius 1 is 0.642 bits per heavy atom. The highest BCUT2D eigenvalue weighted by molar-refractivity contribution is 7.80. The molecule has 1 heterocycles. The van der Waals surface area contributed by atoms with E-state index in [1.54, 1.807) is 0 Å². The van der Waals surface area contributed by atoms with Crippen molar-refractivity contribution < 1.29 is 56.2 Å². The maximum Gasteiger partial charge on any atom is 0.397 e. The van der Waals surface area contributed by atoms with E-state index in [9.17, 15) is 28.5 Å². The van der Waals surface area contributed by atoms with Gasteiger partial charge in [-0.1, -0.05) is 168 Å². The van der Waals surface area contributed by atoms with E-state index in [2.05, 4.69) is 18.0 Å². The van der Waals surface area contributed by atoms with E-state index in [4.69, 9.17) is 23.5 Å². The monoisotopic (exact) mass is 783 g/mol. The van der Waals surface area contributed by atoms with Crippen molar-refractivity contribution in [2.24, 2.45) is 0 Å². The normalized spacial score (nSPS) is 21.2. The number of rotatable bonds is 37. The average molecular weight is 783 g/mol. The summed E-state index contributed by atoms with van der Waals surface area (Å²) in [5, 5.41) is 30.6. The Labute approximate surface area is 322 Å². The Hall–Kier alpha value is -0.900. The molecule has 1 rings (SSSR count). The van der Waals surface area contributed by atoms with Gasteiger partial charge in [0.15, 0.2) is 6.29 Å². The molecular weight excluding hydrogens is 704 g/mol. The van der Waals surface area contributed by atoms with Crippen LogP contribution in [-0.4, -0.2) is 97.5 Å². The van der Waals surface area contributed by atoms with E-state index in [0.717, 1.165) is 38.5 Å². The van der Waals surface area contributed by atoms with Crippen molar-refractivity contribution in [1.29, 1.82) is 0 Å². The SMILES string of the molecule is CCCCCCCCCCCCCCCCCC(=O)OC(COCCCCCCCCCCCCC)COC1OC(CO)C(O)C(OS(=O)(=O)O)C1O. The smallest absolute Gasteiger partial charge is 0.397 e. The fourth-order valence-corrected chi connectivity index (χ4v) is 7.24. The lowest BCUT2D eigenvalue weighted by molar-refractivity contribution is -0.301. The first-order chi connectivity index (χ1) is 25.6. The predicted molar refractivity (Wildman–Crippen MR) is 207 cm³/mol. The molecule has 0 spiro atoms. The van der Waals surface area contributed by atoms with Crippen LogP contribution in [0.5, 0.6) is 0 Å². The molecule has 53 heavy (non-hydrogen) atoms. The quantitative estimate of drug-likeness (QED) is 0.0271. The number of aliphatic hydroxyl groups is 3. The molecule has 0 aromatic rings. The second kappa shape index (κ2) is 33.3. The Morgan fingerprint density at radius 2 is 1.08 bits per heavy atom. The second-order valence-corrected chi connectivity index (χ2v) is 16.0. The van der Waals surface area contributed by atoms with E-state index in [-0.39, 0.29) is 19.6 Å². The van der Waals surface area contributed by atoms with Crippen LogP contribution >= 0.6 is 0 Å². The molecular formula is C40H78O12S. The Bertz CT molecular complexity index is 952. The molecule has 0 aromatic carbocycles. The highest BCUT2D eigenvalue weighted by Gasteiger charge is 2.48. The van der Waals surface area contributed by atoms with Gasteiger partial charge in [-0.05, 0) is 12.8 Å². The highest BCUT2D eigenvalue weighted by Crippen LogP contribution is 2.26. The summed E-state index contributed by atoms with van der Waals surface area (Å²) in [6.45, 7) is 4.00. The van der Waals surface area contributed by atoms with E-state index in [1.807, 2.05) is 0 Å². The van der Waals surface area contributed by atoms with Crippen LogP contribution in [0.1, 0.15) is 187 Å². The Balaban J connectivity index is 2.44. The minimum Gasteiger partial charge on any atom is -0.457 e. The third kappa shape index (κ3) is 27.4. The lowest BCUT2D eigenvalue weighted by Gasteiger charge is -2.41. The van der Waals surface area contributed by atoms with Gasteiger partial charge in [-0.2, -0.15) is 8.42 Å². The van der Waals surface area contributed by atoms with Crippen LogP contribution in [0.15, 0.2) is 0 Å². The van der Waals surface area contributed by atoms with Crippen LogP contribution in [0.3, 0.4) is 0 Å². The van der Waals surface area contributed by atoms with Crippen LogP contribution in [0, 0.1) is 0 Å². The average Bonchev–Trinajstić information content (AvgIpc) is 3.12. The number of carbonyl (C=O) groups excluding carboxylic acids is 1. The molecule has 6 unspecified atom stereocenters. The third-order valence-electron chi connectivity index (χ3n) is 9.98. The first-order valence-electron chi connectivity index (χ1n) is 21.3. The first kappa shape index (κ1) is 50.1. The van der Waals surface area contributed by atoms with Gasteiger partial charge in [0, 0.05) is 13.0 Å². The summed E-state index contributed by atoms with van der Waals surface area (Å²) >= 11 is 0. The van der Waals surface area contributed by atoms with Crippen molar-refractivity contribution in [3.63, 3.8) is 0 Å². The maximum absolute atomic E-state index is 12.8. The molecule has 0 aliphatic carbocycles. The molecule has 12 nitrogen and oxygen atoms in total. The fourth-order valence-electron chi connectivity index (χ4n) is 6.73. The molecule has 0 amide bonds. The summed E-state index contributed by atoms with van der Waals surface area (Å²) in [4.78, 5) is 12.8. The van der Waals surface area contributed by atoms with Gasteiger partial charge < -0.3 is 34.3 Å². The van der Waals surface area contributed by atoms with Gasteiger partial charge in [-0.15, -0.1) is 0 Å². The zero-order valence-corrected chi connectivity index (χ0v) is 34.2. The van der Waals surface area contributed by atoms with Crippen molar-refractivity contribution in [2.75, 3.05) is 26.4 Å². The number of unbranched alkanes of at least 4 members (excludes halogenated alkanes) is 24. The van der Waals surface area contributed by atoms with E-state index < -0.39 is 59.8 Å². The summed E-state index contributed by atoms with van der Waals surface area (Å²) in [6.07, 6.45) is 22.8. The number of ether oxygens (including phenoxy) is 4. The molecule has 13 heteroatoms. The fraction of sp³-hybridized carbons (Fsp3) is 0.975. The van der Waals surface area contributed by atoms with E-state index >= 15 is 0 Å². The topological polar surface area (TPSA) is 178 Å². The summed E-state index contributed by atoms with van der Waals surface area (Å²) in [5.41, 5.74) is 0. The largest absolute Gasteiger partial charge is 0.457 e. The first-order valence-corrected chi connectivity index (χ1v) is 22.7. The zero-order valence-electron chi connectivity index (χ0n) is 33.3. The van der Waals surface area contributed by atoms with Crippen LogP contribution in [-0.2, 0) is 38.3 Å². The number of aliphatic hydroxyl groups excluding tert-OH is 3. The molecule has 0 saturated carbocycles.